The number of para-hydroxylation sites is 1. The Balaban J connectivity index is 1.72. The molecule has 2 rings (SSSR count). The summed E-state index contributed by atoms with van der Waals surface area (Å²) in [5.41, 5.74) is 0.516. The zero-order valence-electron chi connectivity index (χ0n) is 13.3. The van der Waals surface area contributed by atoms with Gasteiger partial charge in [-0.2, -0.15) is 0 Å². The van der Waals surface area contributed by atoms with Crippen molar-refractivity contribution in [1.29, 1.82) is 0 Å². The van der Waals surface area contributed by atoms with E-state index < -0.39 is 4.92 Å². The van der Waals surface area contributed by atoms with Crippen molar-refractivity contribution in [2.24, 2.45) is 0 Å². The van der Waals surface area contributed by atoms with E-state index in [1.165, 1.54) is 24.3 Å². The van der Waals surface area contributed by atoms with Crippen molar-refractivity contribution in [1.82, 2.24) is 4.90 Å². The number of carbonyl (C=O) groups excluding carboxylic acids is 1. The molecule has 0 aliphatic carbocycles. The molecule has 0 unspecified atom stereocenters. The molecular formula is C17H19N3O4. The van der Waals surface area contributed by atoms with Gasteiger partial charge in [0, 0.05) is 24.4 Å². The number of likely N-dealkylation sites (N-methyl/N-ethyl adjacent to an activating group) is 1. The number of nitro groups is 1. The number of nitro benzene ring substituents is 1. The number of anilines is 1. The van der Waals surface area contributed by atoms with Gasteiger partial charge in [-0.3, -0.25) is 19.8 Å². The van der Waals surface area contributed by atoms with Gasteiger partial charge in [0.05, 0.1) is 11.5 Å². The van der Waals surface area contributed by atoms with Crippen LogP contribution in [0.25, 0.3) is 0 Å². The molecule has 2 aromatic carbocycles. The summed E-state index contributed by atoms with van der Waals surface area (Å²) < 4.78 is 5.57. The average Bonchev–Trinajstić information content (AvgIpc) is 2.56. The van der Waals surface area contributed by atoms with Crippen molar-refractivity contribution < 1.29 is 14.5 Å². The molecule has 126 valence electrons. The number of nitrogens with zero attached hydrogens (tertiary/aromatic N) is 2. The first kappa shape index (κ1) is 17.4. The van der Waals surface area contributed by atoms with Crippen LogP contribution in [0.3, 0.4) is 0 Å². The molecule has 0 radical (unpaired) electrons. The predicted molar refractivity (Wildman–Crippen MR) is 91.2 cm³/mol. The van der Waals surface area contributed by atoms with Gasteiger partial charge in [-0.25, -0.2) is 0 Å². The quantitative estimate of drug-likeness (QED) is 0.594. The second-order valence-corrected chi connectivity index (χ2v) is 5.25. The van der Waals surface area contributed by atoms with Gasteiger partial charge in [0.25, 0.3) is 5.69 Å². The fourth-order valence-electron chi connectivity index (χ4n) is 2.03. The summed E-state index contributed by atoms with van der Waals surface area (Å²) in [5, 5.41) is 13.3. The molecule has 0 heterocycles. The Kier molecular flexibility index (Phi) is 6.27. The molecule has 0 saturated heterocycles. The monoisotopic (exact) mass is 329 g/mol. The fourth-order valence-corrected chi connectivity index (χ4v) is 2.03. The highest BCUT2D eigenvalue weighted by atomic mass is 16.6. The Morgan fingerprint density at radius 1 is 1.17 bits per heavy atom. The Labute approximate surface area is 140 Å². The number of hydrogen-bond donors (Lipinski definition) is 1. The molecule has 2 aromatic rings. The minimum atomic E-state index is -0.480. The number of nitrogens with one attached hydrogen (secondary N) is 1. The lowest BCUT2D eigenvalue weighted by atomic mass is 10.3. The molecule has 0 atom stereocenters. The average molecular weight is 329 g/mol. The zero-order chi connectivity index (χ0) is 17.4. The van der Waals surface area contributed by atoms with Crippen molar-refractivity contribution in [3.63, 3.8) is 0 Å². The molecular weight excluding hydrogens is 310 g/mol. The fraction of sp³-hybridized carbons (Fsp3) is 0.235. The summed E-state index contributed by atoms with van der Waals surface area (Å²) in [7, 11) is 1.82. The topological polar surface area (TPSA) is 84.7 Å². The number of rotatable bonds is 8. The summed E-state index contributed by atoms with van der Waals surface area (Å²) in [4.78, 5) is 23.9. The highest BCUT2D eigenvalue weighted by Crippen LogP contribution is 2.15. The Morgan fingerprint density at radius 3 is 2.46 bits per heavy atom. The van der Waals surface area contributed by atoms with Gasteiger partial charge in [-0.05, 0) is 31.3 Å². The molecule has 1 N–H and O–H groups in total. The van der Waals surface area contributed by atoms with Crippen molar-refractivity contribution in [2.45, 2.75) is 0 Å². The third-order valence-corrected chi connectivity index (χ3v) is 3.26. The lowest BCUT2D eigenvalue weighted by Crippen LogP contribution is -2.33. The highest BCUT2D eigenvalue weighted by Gasteiger charge is 2.09. The maximum atomic E-state index is 11.9. The molecule has 0 spiro atoms. The maximum absolute atomic E-state index is 11.9. The van der Waals surface area contributed by atoms with Crippen molar-refractivity contribution in [3.8, 4) is 5.75 Å². The summed E-state index contributed by atoms with van der Waals surface area (Å²) in [6, 6.07) is 15.2. The van der Waals surface area contributed by atoms with E-state index in [0.29, 0.717) is 18.8 Å². The molecule has 1 amide bonds. The van der Waals surface area contributed by atoms with E-state index >= 15 is 0 Å². The Hall–Kier alpha value is -2.93. The summed E-state index contributed by atoms with van der Waals surface area (Å²) >= 11 is 0. The van der Waals surface area contributed by atoms with Crippen LogP contribution in [0, 0.1) is 10.1 Å². The van der Waals surface area contributed by atoms with Gasteiger partial charge in [-0.15, -0.1) is 0 Å². The molecule has 0 bridgehead atoms. The number of ether oxygens (including phenoxy) is 1. The molecule has 7 nitrogen and oxygen atoms in total. The van der Waals surface area contributed by atoms with E-state index in [1.54, 1.807) is 0 Å². The van der Waals surface area contributed by atoms with E-state index in [9.17, 15) is 14.9 Å². The van der Waals surface area contributed by atoms with E-state index in [1.807, 2.05) is 42.3 Å². The molecule has 0 aromatic heterocycles. The predicted octanol–water partition coefficient (Wildman–Crippen LogP) is 2.54. The van der Waals surface area contributed by atoms with Crippen molar-refractivity contribution >= 4 is 17.3 Å². The van der Waals surface area contributed by atoms with Crippen LogP contribution in [0.15, 0.2) is 54.6 Å². The highest BCUT2D eigenvalue weighted by molar-refractivity contribution is 5.92. The summed E-state index contributed by atoms with van der Waals surface area (Å²) in [6.45, 7) is 1.28. The zero-order valence-corrected chi connectivity index (χ0v) is 13.3. The SMILES string of the molecule is CN(CCOc1ccccc1)CC(=O)Nc1ccc([N+](=O)[O-])cc1. The smallest absolute Gasteiger partial charge is 0.269 e. The van der Waals surface area contributed by atoms with Crippen molar-refractivity contribution in [3.05, 3.63) is 64.7 Å². The van der Waals surface area contributed by atoms with E-state index in [-0.39, 0.29) is 18.1 Å². The number of carbonyl (C=O) groups is 1. The Bertz CT molecular complexity index is 674. The van der Waals surface area contributed by atoms with Crippen LogP contribution >= 0.6 is 0 Å². The van der Waals surface area contributed by atoms with Crippen LogP contribution in [-0.2, 0) is 4.79 Å². The molecule has 7 heteroatoms. The maximum Gasteiger partial charge on any atom is 0.269 e. The lowest BCUT2D eigenvalue weighted by molar-refractivity contribution is -0.384. The minimum absolute atomic E-state index is 0.0109. The normalized spacial score (nSPS) is 10.4. The number of amides is 1. The first-order valence-electron chi connectivity index (χ1n) is 7.45. The van der Waals surface area contributed by atoms with E-state index in [0.717, 1.165) is 5.75 Å². The third kappa shape index (κ3) is 5.69. The largest absolute Gasteiger partial charge is 0.492 e. The second-order valence-electron chi connectivity index (χ2n) is 5.25. The van der Waals surface area contributed by atoms with Gasteiger partial charge in [0.2, 0.25) is 5.91 Å². The standard InChI is InChI=1S/C17H19N3O4/c1-19(11-12-24-16-5-3-2-4-6-16)13-17(21)18-14-7-9-15(10-8-14)20(22)23/h2-10H,11-13H2,1H3,(H,18,21). The van der Waals surface area contributed by atoms with Crippen molar-refractivity contribution in [2.75, 3.05) is 32.1 Å². The van der Waals surface area contributed by atoms with Crippen LogP contribution in [0.4, 0.5) is 11.4 Å². The van der Waals surface area contributed by atoms with Gasteiger partial charge >= 0.3 is 0 Å². The second kappa shape index (κ2) is 8.64. The van der Waals surface area contributed by atoms with E-state index in [4.69, 9.17) is 4.74 Å². The van der Waals surface area contributed by atoms with Crippen LogP contribution in [0.2, 0.25) is 0 Å². The number of non-ortho nitro benzene ring substituents is 1. The van der Waals surface area contributed by atoms with Gasteiger partial charge in [0.1, 0.15) is 12.4 Å². The van der Waals surface area contributed by atoms with Crippen LogP contribution in [0.1, 0.15) is 0 Å². The molecule has 24 heavy (non-hydrogen) atoms. The van der Waals surface area contributed by atoms with Gasteiger partial charge < -0.3 is 10.1 Å². The van der Waals surface area contributed by atoms with Crippen LogP contribution < -0.4 is 10.1 Å². The Morgan fingerprint density at radius 2 is 1.83 bits per heavy atom. The third-order valence-electron chi connectivity index (χ3n) is 3.26. The molecule has 0 fully saturated rings. The lowest BCUT2D eigenvalue weighted by Gasteiger charge is -2.16. The van der Waals surface area contributed by atoms with Crippen LogP contribution in [0.5, 0.6) is 5.75 Å². The van der Waals surface area contributed by atoms with E-state index in [2.05, 4.69) is 5.32 Å². The van der Waals surface area contributed by atoms with Gasteiger partial charge in [0.15, 0.2) is 0 Å². The number of hydrogen-bond acceptors (Lipinski definition) is 5. The molecule has 0 aliphatic heterocycles. The number of benzene rings is 2. The molecule has 0 aliphatic rings. The summed E-state index contributed by atoms with van der Waals surface area (Å²) in [5.74, 6) is 0.604. The summed E-state index contributed by atoms with van der Waals surface area (Å²) in [6.07, 6.45) is 0. The van der Waals surface area contributed by atoms with Gasteiger partial charge in [-0.1, -0.05) is 18.2 Å². The molecule has 0 saturated carbocycles. The first-order valence-corrected chi connectivity index (χ1v) is 7.45. The minimum Gasteiger partial charge on any atom is -0.492 e. The first-order chi connectivity index (χ1) is 11.5. The van der Waals surface area contributed by atoms with Crippen LogP contribution in [-0.4, -0.2) is 42.5 Å².